The van der Waals surface area contributed by atoms with Crippen LogP contribution in [-0.2, 0) is 32.3 Å². The number of fused-ring (bicyclic) bond motifs is 1. The van der Waals surface area contributed by atoms with Crippen molar-refractivity contribution in [3.63, 3.8) is 0 Å². The second-order valence-electron chi connectivity index (χ2n) is 8.07. The Bertz CT molecular complexity index is 1280. The fraction of sp³-hybridized carbons (Fsp3) is 0.364. The molecule has 0 radical (unpaired) electrons. The molecule has 0 unspecified atom stereocenters. The maximum Gasteiger partial charge on any atom is 0.352 e. The normalized spacial score (nSPS) is 19.4. The van der Waals surface area contributed by atoms with Crippen LogP contribution in [0.25, 0.3) is 0 Å². The van der Waals surface area contributed by atoms with Crippen LogP contribution < -0.4 is 20.9 Å². The summed E-state index contributed by atoms with van der Waals surface area (Å²) in [4.78, 5) is 48.2. The van der Waals surface area contributed by atoms with Crippen LogP contribution in [0.2, 0.25) is 4.34 Å². The summed E-state index contributed by atoms with van der Waals surface area (Å²) in [6, 6.07) is 2.97. The van der Waals surface area contributed by atoms with E-state index in [0.717, 1.165) is 30.0 Å². The summed E-state index contributed by atoms with van der Waals surface area (Å²) in [5.74, 6) is -2.10. The highest BCUT2D eigenvalue weighted by Crippen LogP contribution is 2.40. The van der Waals surface area contributed by atoms with Gasteiger partial charge in [0, 0.05) is 30.0 Å². The van der Waals surface area contributed by atoms with Gasteiger partial charge in [-0.15, -0.1) is 11.8 Å². The lowest BCUT2D eigenvalue weighted by Crippen LogP contribution is -2.71. The molecule has 2 amide bonds. The maximum absolute atomic E-state index is 13.0. The Balaban J connectivity index is 1.50. The SMILES string of the molecule is CCNCc1cc[n+](CC2=C(C(=O)O)N3C(=O)[C@@H](NC(=O)/C(=N\OC)c4nc(N)sc4Cl)[C@@H]3SC2)cc1. The van der Waals surface area contributed by atoms with E-state index in [1.165, 1.54) is 23.8 Å². The highest BCUT2D eigenvalue weighted by molar-refractivity contribution is 8.00. The quantitative estimate of drug-likeness (QED) is 0.139. The van der Waals surface area contributed by atoms with Gasteiger partial charge in [-0.25, -0.2) is 14.3 Å². The van der Waals surface area contributed by atoms with Crippen molar-refractivity contribution in [2.24, 2.45) is 5.16 Å². The molecule has 2 aromatic heterocycles. The van der Waals surface area contributed by atoms with Crippen LogP contribution in [0.1, 0.15) is 18.2 Å². The van der Waals surface area contributed by atoms with Gasteiger partial charge < -0.3 is 26.3 Å². The number of carboxylic acid groups (broad SMARTS) is 1. The predicted octanol–water partition coefficient (Wildman–Crippen LogP) is 0.565. The zero-order valence-electron chi connectivity index (χ0n) is 19.9. The van der Waals surface area contributed by atoms with E-state index in [1.54, 1.807) is 0 Å². The molecule has 15 heteroatoms. The van der Waals surface area contributed by atoms with E-state index in [2.05, 4.69) is 20.8 Å². The van der Waals surface area contributed by atoms with Crippen molar-refractivity contribution >= 4 is 63.3 Å². The highest BCUT2D eigenvalue weighted by atomic mass is 35.5. The van der Waals surface area contributed by atoms with Crippen molar-refractivity contribution in [3.05, 3.63) is 51.4 Å². The van der Waals surface area contributed by atoms with E-state index in [9.17, 15) is 19.5 Å². The molecule has 0 spiro atoms. The number of oxime groups is 1. The van der Waals surface area contributed by atoms with E-state index in [-0.39, 0.29) is 26.6 Å². The Kier molecular flexibility index (Phi) is 8.32. The van der Waals surface area contributed by atoms with Crippen molar-refractivity contribution in [3.8, 4) is 0 Å². The number of aromatic nitrogens is 2. The third-order valence-electron chi connectivity index (χ3n) is 5.67. The average Bonchev–Trinajstić information content (AvgIpc) is 3.21. The number of carbonyl (C=O) groups excluding carboxylic acids is 2. The molecular formula is C22H25ClN7O5S2+. The first-order chi connectivity index (χ1) is 17.7. The molecule has 0 saturated carbocycles. The zero-order valence-corrected chi connectivity index (χ0v) is 22.3. The minimum Gasteiger partial charge on any atom is -0.477 e. The monoisotopic (exact) mass is 566 g/mol. The zero-order chi connectivity index (χ0) is 26.7. The molecular weight excluding hydrogens is 542 g/mol. The molecule has 2 aliphatic rings. The molecule has 37 heavy (non-hydrogen) atoms. The summed E-state index contributed by atoms with van der Waals surface area (Å²) in [5, 5.41) is 19.1. The van der Waals surface area contributed by atoms with E-state index in [0.29, 0.717) is 17.9 Å². The first-order valence-electron chi connectivity index (χ1n) is 11.2. The molecule has 5 N–H and O–H groups in total. The number of hydrogen-bond acceptors (Lipinski definition) is 10. The fourth-order valence-electron chi connectivity index (χ4n) is 3.96. The van der Waals surface area contributed by atoms with Gasteiger partial charge in [0.05, 0.1) is 0 Å². The van der Waals surface area contributed by atoms with E-state index < -0.39 is 29.2 Å². The Morgan fingerprint density at radius 2 is 2.14 bits per heavy atom. The molecule has 0 bridgehead atoms. The Hall–Kier alpha value is -3.20. The summed E-state index contributed by atoms with van der Waals surface area (Å²) >= 11 is 8.45. The van der Waals surface area contributed by atoms with Crippen LogP contribution in [0.4, 0.5) is 5.13 Å². The van der Waals surface area contributed by atoms with E-state index >= 15 is 0 Å². The van der Waals surface area contributed by atoms with Crippen LogP contribution in [0.3, 0.4) is 0 Å². The van der Waals surface area contributed by atoms with Gasteiger partial charge >= 0.3 is 5.97 Å². The number of anilines is 1. The number of carbonyl (C=O) groups is 3. The van der Waals surface area contributed by atoms with E-state index in [1.807, 2.05) is 36.0 Å². The summed E-state index contributed by atoms with van der Waals surface area (Å²) < 4.78 is 2.01. The smallest absolute Gasteiger partial charge is 0.352 e. The van der Waals surface area contributed by atoms with Crippen molar-refractivity contribution in [1.82, 2.24) is 20.5 Å². The van der Waals surface area contributed by atoms with Crippen LogP contribution in [0.5, 0.6) is 0 Å². The molecule has 12 nitrogen and oxygen atoms in total. The van der Waals surface area contributed by atoms with Crippen molar-refractivity contribution in [2.45, 2.75) is 31.4 Å². The van der Waals surface area contributed by atoms with Gasteiger partial charge in [-0.2, -0.15) is 0 Å². The molecule has 0 aromatic carbocycles. The molecule has 2 atom stereocenters. The number of nitrogens with zero attached hydrogens (tertiary/aromatic N) is 4. The van der Waals surface area contributed by atoms with Gasteiger partial charge in [-0.05, 0) is 12.1 Å². The summed E-state index contributed by atoms with van der Waals surface area (Å²) in [6.07, 6.45) is 3.76. The lowest BCUT2D eigenvalue weighted by Gasteiger charge is -2.49. The number of amides is 2. The van der Waals surface area contributed by atoms with Crippen LogP contribution in [-0.4, -0.2) is 69.3 Å². The number of nitrogens with two attached hydrogens (primary N) is 1. The highest BCUT2D eigenvalue weighted by Gasteiger charge is 2.54. The Morgan fingerprint density at radius 3 is 2.73 bits per heavy atom. The fourth-order valence-corrected chi connectivity index (χ4v) is 6.23. The number of nitrogen functional groups attached to an aromatic ring is 1. The molecule has 196 valence electrons. The minimum absolute atomic E-state index is 0.0327. The lowest BCUT2D eigenvalue weighted by atomic mass is 10.0. The first kappa shape index (κ1) is 26.9. The largest absolute Gasteiger partial charge is 0.477 e. The Labute approximate surface area is 225 Å². The van der Waals surface area contributed by atoms with Crippen molar-refractivity contribution in [1.29, 1.82) is 0 Å². The van der Waals surface area contributed by atoms with E-state index in [4.69, 9.17) is 22.2 Å². The summed E-state index contributed by atoms with van der Waals surface area (Å²) in [5.41, 5.74) is 7.10. The lowest BCUT2D eigenvalue weighted by molar-refractivity contribution is -0.689. The number of thioether (sulfide) groups is 1. The number of hydrogen-bond donors (Lipinski definition) is 4. The summed E-state index contributed by atoms with van der Waals surface area (Å²) in [7, 11) is 1.25. The van der Waals surface area contributed by atoms with Gasteiger partial charge in [0.2, 0.25) is 0 Å². The first-order valence-corrected chi connectivity index (χ1v) is 13.4. The second kappa shape index (κ2) is 11.5. The second-order valence-corrected chi connectivity index (χ2v) is 10.8. The Morgan fingerprint density at radius 1 is 1.41 bits per heavy atom. The van der Waals surface area contributed by atoms with Crippen LogP contribution in [0, 0.1) is 0 Å². The molecule has 4 heterocycles. The van der Waals surface area contributed by atoms with Gasteiger partial charge in [0.15, 0.2) is 29.8 Å². The maximum atomic E-state index is 13.0. The number of carboxylic acids is 1. The van der Waals surface area contributed by atoms with Gasteiger partial charge in [-0.1, -0.05) is 35.0 Å². The van der Waals surface area contributed by atoms with Crippen molar-refractivity contribution in [2.75, 3.05) is 25.1 Å². The number of halogens is 1. The van der Waals surface area contributed by atoms with Crippen LogP contribution in [0.15, 0.2) is 41.0 Å². The molecule has 2 aliphatic heterocycles. The standard InChI is InChI=1S/C22H24ClN7O5S2/c1-3-25-8-11-4-6-29(7-5-11)9-12-10-36-20-15(19(32)30(20)16(12)21(33)34)26-18(31)14(28-35-2)13-17(23)37-22(24)27-13/h4-7,15,20,25H,3,8-10H2,1-2H3,(H3-,24,26,27,31,33,34)/p+1/b28-14-/t15-,20+/m1/s1. The molecule has 0 aliphatic carbocycles. The summed E-state index contributed by atoms with van der Waals surface area (Å²) in [6.45, 7) is 3.95. The molecule has 4 rings (SSSR count). The third-order valence-corrected chi connectivity index (χ3v) is 8.10. The third kappa shape index (κ3) is 5.56. The predicted molar refractivity (Wildman–Crippen MR) is 139 cm³/mol. The van der Waals surface area contributed by atoms with Crippen LogP contribution >= 0.6 is 34.7 Å². The average molecular weight is 567 g/mol. The minimum atomic E-state index is -1.20. The van der Waals surface area contributed by atoms with Gasteiger partial charge in [-0.3, -0.25) is 14.5 Å². The number of thiazole rings is 1. The number of pyridine rings is 1. The number of aliphatic carboxylic acids is 1. The number of rotatable bonds is 10. The van der Waals surface area contributed by atoms with Crippen molar-refractivity contribution < 1.29 is 28.9 Å². The van der Waals surface area contributed by atoms with Gasteiger partial charge in [0.25, 0.3) is 11.8 Å². The topological polar surface area (TPSA) is 163 Å². The van der Waals surface area contributed by atoms with Gasteiger partial charge in [0.1, 0.15) is 34.3 Å². The molecule has 2 aromatic rings. The number of nitrogens with one attached hydrogen (secondary N) is 2. The number of β-lactam (4-membered cyclic amide) rings is 1. The molecule has 1 fully saturated rings. The molecule has 1 saturated heterocycles.